The molecule has 0 radical (unpaired) electrons. The van der Waals surface area contributed by atoms with Gasteiger partial charge in [-0.25, -0.2) is 0 Å². The largest absolute Gasteiger partial charge is 0.387 e. The summed E-state index contributed by atoms with van der Waals surface area (Å²) in [6, 6.07) is 6.19. The van der Waals surface area contributed by atoms with Crippen LogP contribution in [0.4, 0.5) is 5.69 Å². The molecule has 2 aromatic rings. The van der Waals surface area contributed by atoms with E-state index in [9.17, 15) is 0 Å². The van der Waals surface area contributed by atoms with Gasteiger partial charge < -0.3 is 5.32 Å². The van der Waals surface area contributed by atoms with E-state index in [1.165, 1.54) is 36.9 Å². The lowest BCUT2D eigenvalue weighted by molar-refractivity contribution is 0.701. The zero-order valence-corrected chi connectivity index (χ0v) is 12.2. The maximum absolute atomic E-state index is 6.34. The van der Waals surface area contributed by atoms with Gasteiger partial charge in [-0.1, -0.05) is 30.5 Å². The van der Waals surface area contributed by atoms with Crippen LogP contribution in [0.5, 0.6) is 0 Å². The van der Waals surface area contributed by atoms with Crippen LogP contribution in [0.25, 0.3) is 10.9 Å². The summed E-state index contributed by atoms with van der Waals surface area (Å²) in [4.78, 5) is 4.90. The molecule has 0 spiro atoms. The Morgan fingerprint density at radius 3 is 2.68 bits per heavy atom. The molecule has 2 nitrogen and oxygen atoms in total. The maximum atomic E-state index is 6.34. The van der Waals surface area contributed by atoms with E-state index in [2.05, 4.69) is 24.4 Å². The van der Waals surface area contributed by atoms with E-state index < -0.39 is 0 Å². The van der Waals surface area contributed by atoms with Crippen molar-refractivity contribution in [1.29, 1.82) is 0 Å². The molecule has 0 bridgehead atoms. The number of halogens is 1. The molecule has 0 atom stereocenters. The third kappa shape index (κ3) is 2.18. The van der Waals surface area contributed by atoms with Crippen molar-refractivity contribution >= 4 is 28.2 Å². The topological polar surface area (TPSA) is 24.9 Å². The number of nitrogens with one attached hydrogen (secondary N) is 1. The second-order valence-electron chi connectivity index (χ2n) is 5.41. The van der Waals surface area contributed by atoms with Gasteiger partial charge in [0.15, 0.2) is 0 Å². The fraction of sp³-hybridized carbons (Fsp3) is 0.438. The van der Waals surface area contributed by atoms with Gasteiger partial charge in [0.1, 0.15) is 0 Å². The van der Waals surface area contributed by atoms with E-state index in [0.717, 1.165) is 21.6 Å². The van der Waals surface area contributed by atoms with Crippen molar-refractivity contribution in [3.05, 3.63) is 34.5 Å². The van der Waals surface area contributed by atoms with Crippen molar-refractivity contribution in [2.24, 2.45) is 0 Å². The van der Waals surface area contributed by atoms with E-state index >= 15 is 0 Å². The molecule has 3 rings (SSSR count). The molecule has 0 amide bonds. The van der Waals surface area contributed by atoms with Crippen LogP contribution < -0.4 is 5.32 Å². The molecule has 0 aliphatic heterocycles. The number of nitrogens with zero attached hydrogens (tertiary/aromatic N) is 1. The van der Waals surface area contributed by atoms with Crippen LogP contribution in [0.1, 0.15) is 42.9 Å². The van der Waals surface area contributed by atoms with Crippen LogP contribution in [0.15, 0.2) is 18.2 Å². The average molecular weight is 275 g/mol. The minimum absolute atomic E-state index is 0.620. The lowest BCUT2D eigenvalue weighted by Crippen LogP contribution is -2.01. The summed E-state index contributed by atoms with van der Waals surface area (Å²) in [5.74, 6) is 0.620. The van der Waals surface area contributed by atoms with Crippen LogP contribution in [0, 0.1) is 6.92 Å². The van der Waals surface area contributed by atoms with Gasteiger partial charge >= 0.3 is 0 Å². The summed E-state index contributed by atoms with van der Waals surface area (Å²) in [6.45, 7) is 2.10. The highest BCUT2D eigenvalue weighted by atomic mass is 35.5. The first-order valence-corrected chi connectivity index (χ1v) is 7.36. The fourth-order valence-corrected chi connectivity index (χ4v) is 3.33. The van der Waals surface area contributed by atoms with E-state index in [0.29, 0.717) is 5.92 Å². The normalized spacial score (nSPS) is 16.2. The van der Waals surface area contributed by atoms with Gasteiger partial charge in [0.25, 0.3) is 0 Å². The first kappa shape index (κ1) is 12.7. The van der Waals surface area contributed by atoms with Gasteiger partial charge in [-0.2, -0.15) is 0 Å². The highest BCUT2D eigenvalue weighted by molar-refractivity contribution is 6.36. The second-order valence-corrected chi connectivity index (χ2v) is 5.82. The Labute approximate surface area is 119 Å². The van der Waals surface area contributed by atoms with Crippen molar-refractivity contribution in [2.75, 3.05) is 12.4 Å². The highest BCUT2D eigenvalue weighted by Gasteiger charge is 2.20. The van der Waals surface area contributed by atoms with E-state index in [1.807, 2.05) is 13.1 Å². The number of fused-ring (bicyclic) bond motifs is 1. The van der Waals surface area contributed by atoms with Crippen molar-refractivity contribution in [3.63, 3.8) is 0 Å². The van der Waals surface area contributed by atoms with Gasteiger partial charge in [-0.15, -0.1) is 0 Å². The van der Waals surface area contributed by atoms with Crippen LogP contribution in [0.2, 0.25) is 5.02 Å². The molecule has 1 aromatic heterocycles. The highest BCUT2D eigenvalue weighted by Crippen LogP contribution is 2.38. The van der Waals surface area contributed by atoms with Gasteiger partial charge in [0, 0.05) is 29.7 Å². The van der Waals surface area contributed by atoms with Gasteiger partial charge in [-0.3, -0.25) is 4.98 Å². The Hall–Kier alpha value is -1.28. The minimum atomic E-state index is 0.620. The van der Waals surface area contributed by atoms with Crippen molar-refractivity contribution in [1.82, 2.24) is 4.98 Å². The molecule has 0 saturated heterocycles. The van der Waals surface area contributed by atoms with E-state index in [-0.39, 0.29) is 0 Å². The molecule has 1 heterocycles. The molecule has 1 aliphatic rings. The third-order valence-electron chi connectivity index (χ3n) is 4.17. The average Bonchev–Trinajstić information content (AvgIpc) is 2.96. The number of hydrogen-bond donors (Lipinski definition) is 1. The maximum Gasteiger partial charge on any atom is 0.0770 e. The smallest absolute Gasteiger partial charge is 0.0770 e. The molecule has 1 fully saturated rings. The quantitative estimate of drug-likeness (QED) is 0.843. The molecular weight excluding hydrogens is 256 g/mol. The Kier molecular flexibility index (Phi) is 3.36. The Morgan fingerprint density at radius 1 is 1.26 bits per heavy atom. The minimum Gasteiger partial charge on any atom is -0.387 e. The zero-order valence-electron chi connectivity index (χ0n) is 11.5. The predicted octanol–water partition coefficient (Wildman–Crippen LogP) is 4.90. The van der Waals surface area contributed by atoms with Crippen LogP contribution in [0.3, 0.4) is 0 Å². The lowest BCUT2D eigenvalue weighted by Gasteiger charge is -2.15. The summed E-state index contributed by atoms with van der Waals surface area (Å²) in [5, 5.41) is 5.10. The number of pyridine rings is 1. The number of hydrogen-bond acceptors (Lipinski definition) is 2. The number of aromatic nitrogens is 1. The summed E-state index contributed by atoms with van der Waals surface area (Å²) in [6.07, 6.45) is 5.18. The zero-order chi connectivity index (χ0) is 13.4. The third-order valence-corrected chi connectivity index (χ3v) is 4.49. The number of anilines is 1. The van der Waals surface area contributed by atoms with Crippen molar-refractivity contribution < 1.29 is 0 Å². The van der Waals surface area contributed by atoms with Crippen LogP contribution in [-0.4, -0.2) is 12.0 Å². The predicted molar refractivity (Wildman–Crippen MR) is 82.2 cm³/mol. The van der Waals surface area contributed by atoms with E-state index in [4.69, 9.17) is 16.6 Å². The Balaban J connectivity index is 2.24. The first-order valence-electron chi connectivity index (χ1n) is 6.98. The number of benzene rings is 1. The summed E-state index contributed by atoms with van der Waals surface area (Å²) < 4.78 is 0. The fourth-order valence-electron chi connectivity index (χ4n) is 3.08. The number of rotatable bonds is 2. The standard InChI is InChI=1S/C16H19ClN2/c1-10-7-8-12(17)15-14(18-2)9-13(19-16(10)15)11-5-3-4-6-11/h7-9,11H,3-6H2,1-2H3,(H,18,19). The molecule has 1 N–H and O–H groups in total. The lowest BCUT2D eigenvalue weighted by atomic mass is 10.00. The molecule has 1 saturated carbocycles. The number of aryl methyl sites for hydroxylation is 1. The van der Waals surface area contributed by atoms with Crippen molar-refractivity contribution in [2.45, 2.75) is 38.5 Å². The summed E-state index contributed by atoms with van der Waals surface area (Å²) >= 11 is 6.34. The second kappa shape index (κ2) is 5.01. The molecule has 3 heteroatoms. The van der Waals surface area contributed by atoms with Gasteiger partial charge in [-0.05, 0) is 37.5 Å². The van der Waals surface area contributed by atoms with Crippen LogP contribution >= 0.6 is 11.6 Å². The first-order chi connectivity index (χ1) is 9.20. The molecular formula is C16H19ClN2. The monoisotopic (exact) mass is 274 g/mol. The summed E-state index contributed by atoms with van der Waals surface area (Å²) in [5.41, 5.74) is 4.55. The van der Waals surface area contributed by atoms with Gasteiger partial charge in [0.2, 0.25) is 0 Å². The van der Waals surface area contributed by atoms with Crippen LogP contribution in [-0.2, 0) is 0 Å². The molecule has 19 heavy (non-hydrogen) atoms. The van der Waals surface area contributed by atoms with Gasteiger partial charge in [0.05, 0.1) is 10.5 Å². The molecule has 100 valence electrons. The van der Waals surface area contributed by atoms with Crippen molar-refractivity contribution in [3.8, 4) is 0 Å². The SMILES string of the molecule is CNc1cc(C2CCCC2)nc2c(C)ccc(Cl)c12. The summed E-state index contributed by atoms with van der Waals surface area (Å²) in [7, 11) is 1.95. The Morgan fingerprint density at radius 2 is 2.00 bits per heavy atom. The molecule has 1 aliphatic carbocycles. The van der Waals surface area contributed by atoms with E-state index in [1.54, 1.807) is 0 Å². The molecule has 0 unspecified atom stereocenters. The Bertz CT molecular complexity index is 616. The molecule has 1 aromatic carbocycles.